The van der Waals surface area contributed by atoms with Crippen LogP contribution in [0.3, 0.4) is 0 Å². The van der Waals surface area contributed by atoms with Crippen molar-refractivity contribution in [1.29, 1.82) is 0 Å². The molecule has 27 heavy (non-hydrogen) atoms. The molecule has 2 aromatic carbocycles. The van der Waals surface area contributed by atoms with Gasteiger partial charge in [0, 0.05) is 12.6 Å². The molecule has 3 rings (SSSR count). The number of hydrogen-bond donors (Lipinski definition) is 1. The molecule has 0 saturated heterocycles. The summed E-state index contributed by atoms with van der Waals surface area (Å²) < 4.78 is 1.78. The van der Waals surface area contributed by atoms with Crippen LogP contribution in [-0.2, 0) is 11.8 Å². The molecule has 5 nitrogen and oxygen atoms in total. The van der Waals surface area contributed by atoms with Gasteiger partial charge in [-0.25, -0.2) is 0 Å². The van der Waals surface area contributed by atoms with Crippen LogP contribution >= 0.6 is 58.2 Å². The third-order valence-corrected chi connectivity index (χ3v) is 6.15. The predicted octanol–water partition coefficient (Wildman–Crippen LogP) is 5.83. The normalized spacial score (nSPS) is 10.9. The molecule has 0 spiro atoms. The van der Waals surface area contributed by atoms with Crippen molar-refractivity contribution in [2.24, 2.45) is 7.05 Å². The average molecular weight is 462 g/mol. The Balaban J connectivity index is 1.68. The molecule has 0 bridgehead atoms. The highest BCUT2D eigenvalue weighted by Crippen LogP contribution is 2.31. The number of benzene rings is 2. The molecule has 1 heterocycles. The molecule has 140 valence electrons. The van der Waals surface area contributed by atoms with Gasteiger partial charge in [-0.3, -0.25) is 4.79 Å². The molecule has 1 N–H and O–H groups in total. The maximum Gasteiger partial charge on any atom is 0.234 e. The number of hydrogen-bond acceptors (Lipinski definition) is 4. The number of anilines is 1. The van der Waals surface area contributed by atoms with Gasteiger partial charge in [0.15, 0.2) is 11.0 Å². The number of carbonyl (C=O) groups is 1. The number of halogens is 4. The van der Waals surface area contributed by atoms with Crippen molar-refractivity contribution in [3.8, 4) is 11.4 Å². The van der Waals surface area contributed by atoms with Crippen LogP contribution in [0.4, 0.5) is 5.69 Å². The topological polar surface area (TPSA) is 59.8 Å². The number of amides is 1. The van der Waals surface area contributed by atoms with Gasteiger partial charge in [-0.2, -0.15) is 0 Å². The van der Waals surface area contributed by atoms with Crippen LogP contribution in [0.2, 0.25) is 20.1 Å². The van der Waals surface area contributed by atoms with Crippen LogP contribution < -0.4 is 5.32 Å². The molecule has 0 fully saturated rings. The summed E-state index contributed by atoms with van der Waals surface area (Å²) in [5.41, 5.74) is 1.24. The maximum atomic E-state index is 12.2. The van der Waals surface area contributed by atoms with E-state index in [0.717, 1.165) is 5.56 Å². The van der Waals surface area contributed by atoms with E-state index in [9.17, 15) is 4.79 Å². The van der Waals surface area contributed by atoms with Gasteiger partial charge in [0.05, 0.1) is 31.5 Å². The SMILES string of the molecule is Cn1c(SCC(=O)Nc2cccc(Cl)c2Cl)nnc1-c1ccc(Cl)c(Cl)c1. The van der Waals surface area contributed by atoms with Crippen LogP contribution in [0.25, 0.3) is 11.4 Å². The lowest BCUT2D eigenvalue weighted by atomic mass is 10.2. The molecule has 0 saturated carbocycles. The third kappa shape index (κ3) is 4.70. The number of carbonyl (C=O) groups excluding carboxylic acids is 1. The zero-order chi connectivity index (χ0) is 19.6. The van der Waals surface area contributed by atoms with Gasteiger partial charge < -0.3 is 9.88 Å². The van der Waals surface area contributed by atoms with Crippen molar-refractivity contribution < 1.29 is 4.79 Å². The van der Waals surface area contributed by atoms with E-state index in [1.807, 2.05) is 7.05 Å². The number of rotatable bonds is 5. The first-order valence-corrected chi connectivity index (χ1v) is 10.1. The fraction of sp³-hybridized carbons (Fsp3) is 0.118. The fourth-order valence-electron chi connectivity index (χ4n) is 2.24. The summed E-state index contributed by atoms with van der Waals surface area (Å²) in [6, 6.07) is 10.3. The van der Waals surface area contributed by atoms with Gasteiger partial charge in [0.1, 0.15) is 0 Å². The lowest BCUT2D eigenvalue weighted by Crippen LogP contribution is -2.14. The molecular formula is C17H12Cl4N4OS. The van der Waals surface area contributed by atoms with Gasteiger partial charge in [-0.1, -0.05) is 64.2 Å². The van der Waals surface area contributed by atoms with Gasteiger partial charge in [-0.15, -0.1) is 10.2 Å². The van der Waals surface area contributed by atoms with Crippen molar-refractivity contribution in [3.63, 3.8) is 0 Å². The molecule has 0 aliphatic heterocycles. The summed E-state index contributed by atoms with van der Waals surface area (Å²) in [5, 5.41) is 13.2. The molecule has 0 aliphatic rings. The van der Waals surface area contributed by atoms with Crippen molar-refractivity contribution in [2.45, 2.75) is 5.16 Å². The molecule has 10 heteroatoms. The zero-order valence-electron chi connectivity index (χ0n) is 13.8. The molecule has 1 amide bonds. The van der Waals surface area contributed by atoms with Crippen molar-refractivity contribution >= 4 is 69.8 Å². The van der Waals surface area contributed by atoms with Crippen LogP contribution in [0.5, 0.6) is 0 Å². The summed E-state index contributed by atoms with van der Waals surface area (Å²) in [6.07, 6.45) is 0. The van der Waals surface area contributed by atoms with Gasteiger partial charge in [0.2, 0.25) is 5.91 Å². The first-order chi connectivity index (χ1) is 12.9. The van der Waals surface area contributed by atoms with E-state index in [4.69, 9.17) is 46.4 Å². The molecule has 0 atom stereocenters. The third-order valence-electron chi connectivity index (χ3n) is 3.57. The first-order valence-electron chi connectivity index (χ1n) is 7.58. The Labute approximate surface area is 180 Å². The van der Waals surface area contributed by atoms with Crippen LogP contribution in [0.1, 0.15) is 0 Å². The summed E-state index contributed by atoms with van der Waals surface area (Å²) in [4.78, 5) is 12.2. The quantitative estimate of drug-likeness (QED) is 0.485. The maximum absolute atomic E-state index is 12.2. The van der Waals surface area contributed by atoms with Gasteiger partial charge in [0.25, 0.3) is 0 Å². The highest BCUT2D eigenvalue weighted by Gasteiger charge is 2.15. The number of nitrogens with zero attached hydrogens (tertiary/aromatic N) is 3. The molecule has 1 aromatic heterocycles. The van der Waals surface area contributed by atoms with E-state index in [2.05, 4.69) is 15.5 Å². The van der Waals surface area contributed by atoms with Crippen LogP contribution in [0, 0.1) is 0 Å². The molecule has 3 aromatic rings. The first kappa shape index (κ1) is 20.3. The minimum atomic E-state index is -0.233. The fourth-order valence-corrected chi connectivity index (χ4v) is 3.60. The van der Waals surface area contributed by atoms with E-state index in [1.54, 1.807) is 41.0 Å². The highest BCUT2D eigenvalue weighted by molar-refractivity contribution is 7.99. The Hall–Kier alpha value is -1.44. The Morgan fingerprint density at radius 2 is 1.85 bits per heavy atom. The molecule has 0 unspecified atom stereocenters. The summed E-state index contributed by atoms with van der Waals surface area (Å²) in [6.45, 7) is 0. The van der Waals surface area contributed by atoms with E-state index in [1.165, 1.54) is 11.8 Å². The van der Waals surface area contributed by atoms with E-state index in [-0.39, 0.29) is 11.7 Å². The number of aromatic nitrogens is 3. The van der Waals surface area contributed by atoms with Crippen LogP contribution in [-0.4, -0.2) is 26.4 Å². The van der Waals surface area contributed by atoms with Crippen molar-refractivity contribution in [3.05, 3.63) is 56.5 Å². The predicted molar refractivity (Wildman–Crippen MR) is 112 cm³/mol. The minimum Gasteiger partial charge on any atom is -0.324 e. The molecule has 0 radical (unpaired) electrons. The highest BCUT2D eigenvalue weighted by atomic mass is 35.5. The largest absolute Gasteiger partial charge is 0.324 e. The monoisotopic (exact) mass is 460 g/mol. The van der Waals surface area contributed by atoms with E-state index >= 15 is 0 Å². The second-order valence-electron chi connectivity index (χ2n) is 5.43. The van der Waals surface area contributed by atoms with Crippen molar-refractivity contribution in [1.82, 2.24) is 14.8 Å². The van der Waals surface area contributed by atoms with Gasteiger partial charge in [-0.05, 0) is 30.3 Å². The van der Waals surface area contributed by atoms with Gasteiger partial charge >= 0.3 is 0 Å². The summed E-state index contributed by atoms with van der Waals surface area (Å²) >= 11 is 25.3. The molecular weight excluding hydrogens is 450 g/mol. The van der Waals surface area contributed by atoms with Crippen LogP contribution in [0.15, 0.2) is 41.6 Å². The smallest absolute Gasteiger partial charge is 0.234 e. The minimum absolute atomic E-state index is 0.135. The average Bonchev–Trinajstić information content (AvgIpc) is 3.00. The second-order valence-corrected chi connectivity index (χ2v) is 7.97. The lowest BCUT2D eigenvalue weighted by molar-refractivity contribution is -0.113. The number of nitrogens with one attached hydrogen (secondary N) is 1. The van der Waals surface area contributed by atoms with Crippen molar-refractivity contribution in [2.75, 3.05) is 11.1 Å². The Bertz CT molecular complexity index is 1010. The van der Waals surface area contributed by atoms with E-state index < -0.39 is 0 Å². The molecule has 0 aliphatic carbocycles. The lowest BCUT2D eigenvalue weighted by Gasteiger charge is -2.08. The summed E-state index contributed by atoms with van der Waals surface area (Å²) in [5.74, 6) is 0.522. The zero-order valence-corrected chi connectivity index (χ0v) is 17.7. The standard InChI is InChI=1S/C17H12Cl4N4OS/c1-25-16(9-5-6-10(18)12(20)7-9)23-24-17(25)27-8-14(26)22-13-4-2-3-11(19)15(13)21/h2-7H,8H2,1H3,(H,22,26). The Kier molecular flexibility index (Phi) is 6.55. The van der Waals surface area contributed by atoms with E-state index in [0.29, 0.717) is 36.8 Å². The second kappa shape index (κ2) is 8.71. The Morgan fingerprint density at radius 1 is 1.07 bits per heavy atom. The Morgan fingerprint density at radius 3 is 2.59 bits per heavy atom. The summed E-state index contributed by atoms with van der Waals surface area (Å²) in [7, 11) is 1.81. The number of thioether (sulfide) groups is 1.